The van der Waals surface area contributed by atoms with Crippen molar-refractivity contribution in [2.45, 2.75) is 12.6 Å². The van der Waals surface area contributed by atoms with E-state index >= 15 is 0 Å². The van der Waals surface area contributed by atoms with E-state index in [1.165, 1.54) is 0 Å². The van der Waals surface area contributed by atoms with Gasteiger partial charge in [0.25, 0.3) is 0 Å². The van der Waals surface area contributed by atoms with E-state index in [4.69, 9.17) is 21.8 Å². The minimum atomic E-state index is -0.723. The highest BCUT2D eigenvalue weighted by Crippen LogP contribution is 2.20. The lowest BCUT2D eigenvalue weighted by Crippen LogP contribution is -2.28. The van der Waals surface area contributed by atoms with Crippen molar-refractivity contribution in [3.63, 3.8) is 0 Å². The van der Waals surface area contributed by atoms with E-state index in [9.17, 15) is 0 Å². The summed E-state index contributed by atoms with van der Waals surface area (Å²) in [6.45, 7) is 0.688. The normalized spacial score (nSPS) is 12.8. The quantitative estimate of drug-likeness (QED) is 0.772. The van der Waals surface area contributed by atoms with Gasteiger partial charge in [-0.25, -0.2) is 0 Å². The summed E-state index contributed by atoms with van der Waals surface area (Å²) in [5, 5.41) is 21.4. The highest BCUT2D eigenvalue weighted by atomic mass is 79.9. The monoisotopic (exact) mass is 293 g/mol. The van der Waals surface area contributed by atoms with Gasteiger partial charge in [-0.3, -0.25) is 0 Å². The van der Waals surface area contributed by atoms with Crippen LogP contribution in [0.15, 0.2) is 22.7 Å². The Hall–Kier alpha value is -0.130. The Morgan fingerprint density at radius 1 is 1.47 bits per heavy atom. The maximum absolute atomic E-state index is 9.10. The van der Waals surface area contributed by atoms with Crippen LogP contribution in [0.2, 0.25) is 5.02 Å². The van der Waals surface area contributed by atoms with Crippen molar-refractivity contribution in [1.82, 2.24) is 5.32 Å². The summed E-state index contributed by atoms with van der Waals surface area (Å²) in [6.07, 6.45) is -0.723. The first-order valence-electron chi connectivity index (χ1n) is 4.57. The van der Waals surface area contributed by atoms with E-state index in [1.807, 2.05) is 18.2 Å². The van der Waals surface area contributed by atoms with Crippen LogP contribution in [0.3, 0.4) is 0 Å². The number of rotatable bonds is 5. The summed E-state index contributed by atoms with van der Waals surface area (Å²) in [5.41, 5.74) is 0.963. The van der Waals surface area contributed by atoms with Gasteiger partial charge < -0.3 is 15.5 Å². The number of aliphatic hydroxyl groups is 2. The Labute approximate surface area is 102 Å². The molecule has 0 bridgehead atoms. The predicted octanol–water partition coefficient (Wildman–Crippen LogP) is 1.55. The molecule has 0 fully saturated rings. The van der Waals surface area contributed by atoms with Gasteiger partial charge in [0.15, 0.2) is 0 Å². The Morgan fingerprint density at radius 2 is 2.20 bits per heavy atom. The van der Waals surface area contributed by atoms with Crippen LogP contribution in [0.25, 0.3) is 0 Å². The van der Waals surface area contributed by atoms with Crippen LogP contribution in [-0.4, -0.2) is 29.5 Å². The van der Waals surface area contributed by atoms with Crippen LogP contribution in [0.5, 0.6) is 0 Å². The van der Waals surface area contributed by atoms with E-state index in [1.54, 1.807) is 0 Å². The van der Waals surface area contributed by atoms with Gasteiger partial charge in [-0.15, -0.1) is 0 Å². The molecule has 1 atom stereocenters. The largest absolute Gasteiger partial charge is 0.394 e. The molecular weight excluding hydrogens is 281 g/mol. The molecule has 0 aromatic heterocycles. The second-order valence-corrected chi connectivity index (χ2v) is 4.53. The fourth-order valence-corrected chi connectivity index (χ4v) is 1.84. The molecule has 0 aliphatic heterocycles. The van der Waals surface area contributed by atoms with Crippen molar-refractivity contribution >= 4 is 27.5 Å². The molecule has 0 spiro atoms. The van der Waals surface area contributed by atoms with Crippen molar-refractivity contribution in [2.75, 3.05) is 13.2 Å². The zero-order chi connectivity index (χ0) is 11.3. The maximum Gasteiger partial charge on any atom is 0.0895 e. The van der Waals surface area contributed by atoms with Gasteiger partial charge in [0, 0.05) is 22.6 Å². The summed E-state index contributed by atoms with van der Waals surface area (Å²) in [6, 6.07) is 5.64. The molecule has 0 saturated carbocycles. The molecule has 0 aliphatic rings. The van der Waals surface area contributed by atoms with Gasteiger partial charge in [-0.05, 0) is 17.7 Å². The molecule has 0 heterocycles. The summed E-state index contributed by atoms with van der Waals surface area (Å²) in [4.78, 5) is 0. The molecule has 3 N–H and O–H groups in total. The van der Waals surface area contributed by atoms with Gasteiger partial charge >= 0.3 is 0 Å². The van der Waals surface area contributed by atoms with Gasteiger partial charge in [-0.2, -0.15) is 0 Å². The van der Waals surface area contributed by atoms with Crippen LogP contribution >= 0.6 is 27.5 Å². The lowest BCUT2D eigenvalue weighted by molar-refractivity contribution is 0.0942. The van der Waals surface area contributed by atoms with Crippen molar-refractivity contribution in [3.05, 3.63) is 33.3 Å². The molecule has 84 valence electrons. The van der Waals surface area contributed by atoms with Crippen LogP contribution in [0.4, 0.5) is 0 Å². The van der Waals surface area contributed by atoms with Crippen LogP contribution < -0.4 is 5.32 Å². The highest BCUT2D eigenvalue weighted by molar-refractivity contribution is 9.10. The first-order chi connectivity index (χ1) is 7.13. The van der Waals surface area contributed by atoms with Crippen molar-refractivity contribution in [3.8, 4) is 0 Å². The van der Waals surface area contributed by atoms with Crippen molar-refractivity contribution < 1.29 is 10.2 Å². The Morgan fingerprint density at radius 3 is 2.80 bits per heavy atom. The van der Waals surface area contributed by atoms with E-state index in [0.29, 0.717) is 18.1 Å². The molecule has 1 unspecified atom stereocenters. The lowest BCUT2D eigenvalue weighted by Gasteiger charge is -2.10. The second kappa shape index (κ2) is 6.45. The predicted molar refractivity (Wildman–Crippen MR) is 64.0 cm³/mol. The Kier molecular flexibility index (Phi) is 5.56. The molecule has 0 aliphatic carbocycles. The third-order valence-corrected chi connectivity index (χ3v) is 2.77. The second-order valence-electron chi connectivity index (χ2n) is 3.20. The molecule has 1 rings (SSSR count). The van der Waals surface area contributed by atoms with E-state index in [2.05, 4.69) is 21.2 Å². The van der Waals surface area contributed by atoms with E-state index in [0.717, 1.165) is 10.0 Å². The number of halogens is 2. The van der Waals surface area contributed by atoms with Crippen molar-refractivity contribution in [1.29, 1.82) is 0 Å². The third kappa shape index (κ3) is 4.49. The van der Waals surface area contributed by atoms with Gasteiger partial charge in [0.2, 0.25) is 0 Å². The molecule has 5 heteroatoms. The maximum atomic E-state index is 9.10. The summed E-state index contributed by atoms with van der Waals surface area (Å²) >= 11 is 9.32. The van der Waals surface area contributed by atoms with E-state index in [-0.39, 0.29) is 6.61 Å². The number of aliphatic hydroxyl groups excluding tert-OH is 2. The summed E-state index contributed by atoms with van der Waals surface area (Å²) in [7, 11) is 0. The molecule has 1 aromatic rings. The molecule has 0 radical (unpaired) electrons. The van der Waals surface area contributed by atoms with Crippen LogP contribution in [-0.2, 0) is 6.54 Å². The Balaban J connectivity index is 2.44. The minimum absolute atomic E-state index is 0.235. The van der Waals surface area contributed by atoms with Crippen LogP contribution in [0.1, 0.15) is 5.56 Å². The topological polar surface area (TPSA) is 52.5 Å². The Bertz CT molecular complexity index is 322. The number of nitrogens with one attached hydrogen (secondary N) is 1. The minimum Gasteiger partial charge on any atom is -0.394 e. The average Bonchev–Trinajstić information content (AvgIpc) is 2.21. The highest BCUT2D eigenvalue weighted by Gasteiger charge is 2.03. The zero-order valence-electron chi connectivity index (χ0n) is 8.08. The third-order valence-electron chi connectivity index (χ3n) is 1.92. The molecule has 15 heavy (non-hydrogen) atoms. The summed E-state index contributed by atoms with van der Waals surface area (Å²) in [5.74, 6) is 0. The number of hydrogen-bond donors (Lipinski definition) is 3. The fourth-order valence-electron chi connectivity index (χ4n) is 1.10. The molecule has 0 saturated heterocycles. The first kappa shape index (κ1) is 12.9. The standard InChI is InChI=1S/C10H13BrClNO2/c11-8-2-1-7(10(12)3-8)4-13-5-9(15)6-14/h1-3,9,13-15H,4-6H2. The first-order valence-corrected chi connectivity index (χ1v) is 5.74. The number of hydrogen-bond acceptors (Lipinski definition) is 3. The van der Waals surface area contributed by atoms with Gasteiger partial charge in [0.05, 0.1) is 12.7 Å². The molecule has 0 amide bonds. The number of benzene rings is 1. The molecule has 1 aromatic carbocycles. The van der Waals surface area contributed by atoms with Gasteiger partial charge in [-0.1, -0.05) is 33.6 Å². The van der Waals surface area contributed by atoms with Gasteiger partial charge in [0.1, 0.15) is 0 Å². The zero-order valence-corrected chi connectivity index (χ0v) is 10.4. The smallest absolute Gasteiger partial charge is 0.0895 e. The van der Waals surface area contributed by atoms with Crippen LogP contribution in [0, 0.1) is 0 Å². The average molecular weight is 295 g/mol. The SMILES string of the molecule is OCC(O)CNCc1ccc(Br)cc1Cl. The lowest BCUT2D eigenvalue weighted by atomic mass is 10.2. The molecular formula is C10H13BrClNO2. The summed E-state index contributed by atoms with van der Waals surface area (Å²) < 4.78 is 0.937. The fraction of sp³-hybridized carbons (Fsp3) is 0.400. The van der Waals surface area contributed by atoms with E-state index < -0.39 is 6.10 Å². The molecule has 3 nitrogen and oxygen atoms in total. The van der Waals surface area contributed by atoms with Crippen molar-refractivity contribution in [2.24, 2.45) is 0 Å².